The predicted molar refractivity (Wildman–Crippen MR) is 152 cm³/mol. The summed E-state index contributed by atoms with van der Waals surface area (Å²) in [5.41, 5.74) is 7.97. The normalized spacial score (nSPS) is 11.5. The molecule has 9 nitrogen and oxygen atoms in total. The second kappa shape index (κ2) is 19.9. The van der Waals surface area contributed by atoms with Crippen molar-refractivity contribution in [1.82, 2.24) is 5.32 Å². The summed E-state index contributed by atoms with van der Waals surface area (Å²) in [4.78, 5) is 30.9. The summed E-state index contributed by atoms with van der Waals surface area (Å²) in [5.74, 6) is -2.64. The number of carboxylic acids is 2. The molecule has 0 heterocycles. The fourth-order valence-corrected chi connectivity index (χ4v) is 3.83. The number of aliphatic carboxylic acids is 2. The summed E-state index contributed by atoms with van der Waals surface area (Å²) in [6.07, 6.45) is 6.41. The first-order chi connectivity index (χ1) is 18.6. The molecule has 6 N–H and O–H groups in total. The number of nitrogens with one attached hydrogen (secondary N) is 1. The second-order valence-corrected chi connectivity index (χ2v) is 9.42. The number of halogens is 2. The quantitative estimate of drug-likeness (QED) is 0.0790. The summed E-state index contributed by atoms with van der Waals surface area (Å²) < 4.78 is 5.30. The van der Waals surface area contributed by atoms with E-state index in [9.17, 15) is 19.5 Å². The number of nitrogens with two attached hydrogens (primary N) is 1. The lowest BCUT2D eigenvalue weighted by Crippen LogP contribution is -2.22. The summed E-state index contributed by atoms with van der Waals surface area (Å²) in [6.45, 7) is 1.63. The zero-order valence-electron chi connectivity index (χ0n) is 21.7. The minimum Gasteiger partial charge on any atom is -0.478 e. The molecule has 214 valence electrons. The lowest BCUT2D eigenvalue weighted by molar-refractivity contribution is -0.144. The molecular formula is C28H36Cl2N2O7. The molecule has 0 saturated heterocycles. The number of benzene rings is 2. The van der Waals surface area contributed by atoms with Crippen LogP contribution in [0.4, 0.5) is 5.69 Å². The standard InChI is InChI=1S/C24H32Cl2N2O3.C4H4O4/c25-20-15-19(16-21(26)24(20)27)22(29)17-28-13-7-2-5-12-23(30)31-14-8-6-11-18-9-3-1-4-10-18;5-3(6)1-2-4(7)8/h1,3-4,9-10,15-16,22,28-29H,2,5-8,11-14,17,27H2;1-2H,(H,5,6)(H,7,8)/b;2-1-. The highest BCUT2D eigenvalue weighted by atomic mass is 35.5. The van der Waals surface area contributed by atoms with Crippen LogP contribution in [-0.4, -0.2) is 52.9 Å². The lowest BCUT2D eigenvalue weighted by Gasteiger charge is -2.14. The highest BCUT2D eigenvalue weighted by Crippen LogP contribution is 2.31. The molecule has 11 heteroatoms. The minimum absolute atomic E-state index is 0.125. The number of aliphatic hydroxyl groups excluding tert-OH is 1. The van der Waals surface area contributed by atoms with E-state index in [4.69, 9.17) is 43.9 Å². The first-order valence-electron chi connectivity index (χ1n) is 12.6. The van der Waals surface area contributed by atoms with Gasteiger partial charge in [0.2, 0.25) is 0 Å². The summed E-state index contributed by atoms with van der Waals surface area (Å²) >= 11 is 12.0. The molecule has 2 aromatic carbocycles. The number of carbonyl (C=O) groups is 3. The summed E-state index contributed by atoms with van der Waals surface area (Å²) in [5, 5.41) is 29.7. The van der Waals surface area contributed by atoms with E-state index in [1.54, 1.807) is 12.1 Å². The van der Waals surface area contributed by atoms with Crippen molar-refractivity contribution in [2.75, 3.05) is 25.4 Å². The maximum Gasteiger partial charge on any atom is 0.328 e. The number of aliphatic hydroxyl groups is 1. The Labute approximate surface area is 238 Å². The van der Waals surface area contributed by atoms with Gasteiger partial charge in [0, 0.05) is 25.1 Å². The Bertz CT molecular complexity index is 1030. The molecule has 0 aliphatic heterocycles. The molecule has 0 aliphatic rings. The van der Waals surface area contributed by atoms with Gasteiger partial charge in [0.1, 0.15) is 0 Å². The highest BCUT2D eigenvalue weighted by Gasteiger charge is 2.12. The van der Waals surface area contributed by atoms with Crippen LogP contribution in [0.5, 0.6) is 0 Å². The van der Waals surface area contributed by atoms with E-state index < -0.39 is 18.0 Å². The van der Waals surface area contributed by atoms with E-state index in [1.807, 2.05) is 18.2 Å². The fourth-order valence-electron chi connectivity index (χ4n) is 3.33. The largest absolute Gasteiger partial charge is 0.478 e. The van der Waals surface area contributed by atoms with Gasteiger partial charge in [-0.2, -0.15) is 0 Å². The van der Waals surface area contributed by atoms with Crippen molar-refractivity contribution in [3.63, 3.8) is 0 Å². The minimum atomic E-state index is -1.26. The zero-order valence-corrected chi connectivity index (χ0v) is 23.2. The van der Waals surface area contributed by atoms with Crippen LogP contribution in [0.3, 0.4) is 0 Å². The average Bonchev–Trinajstić information content (AvgIpc) is 2.90. The number of hydrogen-bond acceptors (Lipinski definition) is 7. The topological polar surface area (TPSA) is 159 Å². The fraction of sp³-hybridized carbons (Fsp3) is 0.393. The number of aryl methyl sites for hydroxylation is 1. The molecule has 0 amide bonds. The van der Waals surface area contributed by atoms with Gasteiger partial charge in [-0.15, -0.1) is 0 Å². The van der Waals surface area contributed by atoms with Gasteiger partial charge in [0.05, 0.1) is 28.4 Å². The number of unbranched alkanes of at least 4 members (excludes halogenated alkanes) is 3. The molecule has 0 bridgehead atoms. The van der Waals surface area contributed by atoms with Crippen molar-refractivity contribution in [2.24, 2.45) is 0 Å². The first-order valence-corrected chi connectivity index (χ1v) is 13.3. The molecule has 0 radical (unpaired) electrons. The Balaban J connectivity index is 0.000000824. The van der Waals surface area contributed by atoms with Crippen LogP contribution >= 0.6 is 23.2 Å². The van der Waals surface area contributed by atoms with E-state index in [-0.39, 0.29) is 5.97 Å². The molecule has 0 saturated carbocycles. The SMILES string of the molecule is Nc1c(Cl)cc(C(O)CNCCCCCC(=O)OCCCCc2ccccc2)cc1Cl.O=C(O)/C=C\C(=O)O. The van der Waals surface area contributed by atoms with Gasteiger partial charge in [-0.1, -0.05) is 60.0 Å². The molecular weight excluding hydrogens is 547 g/mol. The third-order valence-electron chi connectivity index (χ3n) is 5.39. The van der Waals surface area contributed by atoms with E-state index in [1.165, 1.54) is 5.56 Å². The van der Waals surface area contributed by atoms with Crippen LogP contribution < -0.4 is 11.1 Å². The number of anilines is 1. The monoisotopic (exact) mass is 582 g/mol. The van der Waals surface area contributed by atoms with Gasteiger partial charge in [0.25, 0.3) is 0 Å². The van der Waals surface area contributed by atoms with Crippen molar-refractivity contribution < 1.29 is 34.4 Å². The number of nitrogen functional groups attached to an aromatic ring is 1. The van der Waals surface area contributed by atoms with Crippen LogP contribution in [0.2, 0.25) is 10.0 Å². The molecule has 0 fully saturated rings. The van der Waals surface area contributed by atoms with Gasteiger partial charge in [-0.3, -0.25) is 4.79 Å². The van der Waals surface area contributed by atoms with E-state index in [0.29, 0.717) is 53.0 Å². The molecule has 0 aromatic heterocycles. The van der Waals surface area contributed by atoms with Crippen LogP contribution in [0.25, 0.3) is 0 Å². The van der Waals surface area contributed by atoms with Crippen molar-refractivity contribution in [3.05, 3.63) is 75.8 Å². The van der Waals surface area contributed by atoms with Crippen LogP contribution in [0.1, 0.15) is 55.8 Å². The number of hydrogen-bond donors (Lipinski definition) is 5. The third-order valence-corrected chi connectivity index (χ3v) is 6.02. The highest BCUT2D eigenvalue weighted by molar-refractivity contribution is 6.38. The van der Waals surface area contributed by atoms with Crippen LogP contribution in [0, 0.1) is 0 Å². The molecule has 39 heavy (non-hydrogen) atoms. The maximum absolute atomic E-state index is 11.8. The lowest BCUT2D eigenvalue weighted by atomic mass is 10.1. The first kappa shape index (κ1) is 33.9. The maximum atomic E-state index is 11.8. The smallest absolute Gasteiger partial charge is 0.328 e. The number of carbonyl (C=O) groups excluding carboxylic acids is 1. The number of rotatable bonds is 16. The van der Waals surface area contributed by atoms with E-state index in [2.05, 4.69) is 17.4 Å². The Morgan fingerprint density at radius 2 is 1.54 bits per heavy atom. The van der Waals surface area contributed by atoms with Gasteiger partial charge >= 0.3 is 17.9 Å². The number of esters is 1. The van der Waals surface area contributed by atoms with Crippen molar-refractivity contribution in [2.45, 2.75) is 51.0 Å². The van der Waals surface area contributed by atoms with Gasteiger partial charge in [0.15, 0.2) is 0 Å². The van der Waals surface area contributed by atoms with Crippen LogP contribution in [-0.2, 0) is 25.5 Å². The summed E-state index contributed by atoms with van der Waals surface area (Å²) in [6, 6.07) is 13.6. The van der Waals surface area contributed by atoms with E-state index >= 15 is 0 Å². The van der Waals surface area contributed by atoms with Crippen LogP contribution in [0.15, 0.2) is 54.6 Å². The Hall–Kier alpha value is -3.11. The predicted octanol–water partition coefficient (Wildman–Crippen LogP) is 5.04. The van der Waals surface area contributed by atoms with Crippen molar-refractivity contribution in [1.29, 1.82) is 0 Å². The number of ether oxygens (including phenoxy) is 1. The molecule has 2 rings (SSSR count). The zero-order chi connectivity index (χ0) is 29.0. The second-order valence-electron chi connectivity index (χ2n) is 8.60. The molecule has 2 aromatic rings. The molecule has 1 unspecified atom stereocenters. The van der Waals surface area contributed by atoms with E-state index in [0.717, 1.165) is 45.1 Å². The van der Waals surface area contributed by atoms with Crippen molar-refractivity contribution in [3.8, 4) is 0 Å². The number of carboxylic acid groups (broad SMARTS) is 2. The van der Waals surface area contributed by atoms with Gasteiger partial charge < -0.3 is 31.1 Å². The molecule has 1 atom stereocenters. The summed E-state index contributed by atoms with van der Waals surface area (Å²) in [7, 11) is 0. The Morgan fingerprint density at radius 1 is 0.923 bits per heavy atom. The molecule has 0 aliphatic carbocycles. The average molecular weight is 584 g/mol. The Morgan fingerprint density at radius 3 is 2.13 bits per heavy atom. The third kappa shape index (κ3) is 16.5. The van der Waals surface area contributed by atoms with Gasteiger partial charge in [-0.05, 0) is 61.9 Å². The molecule has 0 spiro atoms. The Kier molecular flexibility index (Phi) is 17.3. The van der Waals surface area contributed by atoms with Gasteiger partial charge in [-0.25, -0.2) is 9.59 Å². The van der Waals surface area contributed by atoms with Crippen molar-refractivity contribution >= 4 is 46.8 Å².